The normalized spacial score (nSPS) is 14.2. The van der Waals surface area contributed by atoms with E-state index in [4.69, 9.17) is 9.47 Å². The minimum absolute atomic E-state index is 0.0202. The van der Waals surface area contributed by atoms with Gasteiger partial charge in [-0.1, -0.05) is 24.3 Å². The number of benzene rings is 2. The van der Waals surface area contributed by atoms with Gasteiger partial charge in [-0.25, -0.2) is 0 Å². The van der Waals surface area contributed by atoms with Crippen molar-refractivity contribution in [3.63, 3.8) is 0 Å². The molecule has 0 saturated carbocycles. The van der Waals surface area contributed by atoms with Crippen molar-refractivity contribution in [3.05, 3.63) is 59.2 Å². The fourth-order valence-electron chi connectivity index (χ4n) is 3.15. The molecule has 2 aromatic rings. The summed E-state index contributed by atoms with van der Waals surface area (Å²) in [5.41, 5.74) is 4.33. The number of hydrogen-bond donors (Lipinski definition) is 1. The molecule has 0 aliphatic carbocycles. The van der Waals surface area contributed by atoms with Crippen LogP contribution >= 0.6 is 0 Å². The summed E-state index contributed by atoms with van der Waals surface area (Å²) >= 11 is 0. The molecule has 1 saturated heterocycles. The van der Waals surface area contributed by atoms with Crippen LogP contribution in [0.2, 0.25) is 0 Å². The van der Waals surface area contributed by atoms with E-state index >= 15 is 0 Å². The third-order valence-corrected chi connectivity index (χ3v) is 4.63. The molecule has 2 aromatic carbocycles. The molecular weight excluding hydrogens is 328 g/mol. The Kier molecular flexibility index (Phi) is 6.12. The first-order valence-electron chi connectivity index (χ1n) is 8.97. The van der Waals surface area contributed by atoms with Crippen molar-refractivity contribution in [2.75, 3.05) is 38.3 Å². The molecular formula is C21H26N2O3. The lowest BCUT2D eigenvalue weighted by Gasteiger charge is -2.28. The zero-order valence-corrected chi connectivity index (χ0v) is 15.5. The van der Waals surface area contributed by atoms with Crippen LogP contribution in [-0.2, 0) is 22.5 Å². The second-order valence-electron chi connectivity index (χ2n) is 6.52. The second-order valence-corrected chi connectivity index (χ2v) is 6.52. The van der Waals surface area contributed by atoms with E-state index in [0.717, 1.165) is 48.7 Å². The summed E-state index contributed by atoms with van der Waals surface area (Å²) in [6.45, 7) is 5.94. The first-order valence-corrected chi connectivity index (χ1v) is 8.97. The summed E-state index contributed by atoms with van der Waals surface area (Å²) in [5, 5.41) is 2.99. The smallest absolute Gasteiger partial charge is 0.224 e. The van der Waals surface area contributed by atoms with Crippen molar-refractivity contribution < 1.29 is 14.3 Å². The van der Waals surface area contributed by atoms with E-state index in [0.29, 0.717) is 13.0 Å². The van der Waals surface area contributed by atoms with Crippen molar-refractivity contribution in [2.45, 2.75) is 19.9 Å². The van der Waals surface area contributed by atoms with Crippen LogP contribution in [0.25, 0.3) is 0 Å². The van der Waals surface area contributed by atoms with Gasteiger partial charge in [0.2, 0.25) is 5.91 Å². The lowest BCUT2D eigenvalue weighted by molar-refractivity contribution is -0.120. The number of ether oxygens (including phenoxy) is 2. The van der Waals surface area contributed by atoms with E-state index in [1.54, 1.807) is 7.11 Å². The molecule has 0 bridgehead atoms. The minimum atomic E-state index is 0.0202. The Labute approximate surface area is 154 Å². The van der Waals surface area contributed by atoms with E-state index < -0.39 is 0 Å². The van der Waals surface area contributed by atoms with Crippen LogP contribution < -0.4 is 15.0 Å². The number of carbonyl (C=O) groups is 1. The molecule has 0 aromatic heterocycles. The highest BCUT2D eigenvalue weighted by Crippen LogP contribution is 2.19. The van der Waals surface area contributed by atoms with E-state index in [-0.39, 0.29) is 5.91 Å². The molecule has 138 valence electrons. The van der Waals surface area contributed by atoms with Crippen LogP contribution in [0, 0.1) is 6.92 Å². The average molecular weight is 354 g/mol. The van der Waals surface area contributed by atoms with E-state index in [2.05, 4.69) is 34.5 Å². The van der Waals surface area contributed by atoms with Crippen LogP contribution in [-0.4, -0.2) is 39.3 Å². The molecule has 0 spiro atoms. The molecule has 5 heteroatoms. The summed E-state index contributed by atoms with van der Waals surface area (Å²) < 4.78 is 10.6. The topological polar surface area (TPSA) is 50.8 Å². The summed E-state index contributed by atoms with van der Waals surface area (Å²) in [6, 6.07) is 14.2. The van der Waals surface area contributed by atoms with Gasteiger partial charge in [-0.2, -0.15) is 0 Å². The number of morpholine rings is 1. The van der Waals surface area contributed by atoms with Gasteiger partial charge in [0.15, 0.2) is 0 Å². The van der Waals surface area contributed by atoms with E-state index in [1.807, 2.05) is 25.1 Å². The monoisotopic (exact) mass is 354 g/mol. The molecule has 0 atom stereocenters. The van der Waals surface area contributed by atoms with Gasteiger partial charge in [0.1, 0.15) is 5.75 Å². The number of nitrogens with one attached hydrogen (secondary N) is 1. The number of carbonyl (C=O) groups excluding carboxylic acids is 1. The Morgan fingerprint density at radius 1 is 1.12 bits per heavy atom. The SMILES string of the molecule is COc1ccc(CC(=O)NCc2ccc(N3CCOCC3)cc2)cc1C. The Bertz CT molecular complexity index is 737. The molecule has 1 aliphatic heterocycles. The van der Waals surface area contributed by atoms with Crippen LogP contribution in [0.3, 0.4) is 0 Å². The van der Waals surface area contributed by atoms with Gasteiger partial charge in [0.25, 0.3) is 0 Å². The highest BCUT2D eigenvalue weighted by atomic mass is 16.5. The highest BCUT2D eigenvalue weighted by molar-refractivity contribution is 5.78. The lowest BCUT2D eigenvalue weighted by atomic mass is 10.1. The quantitative estimate of drug-likeness (QED) is 0.867. The van der Waals surface area contributed by atoms with E-state index in [9.17, 15) is 4.79 Å². The van der Waals surface area contributed by atoms with Gasteiger partial charge < -0.3 is 19.7 Å². The third-order valence-electron chi connectivity index (χ3n) is 4.63. The van der Waals surface area contributed by atoms with Gasteiger partial charge in [-0.05, 0) is 41.8 Å². The third kappa shape index (κ3) is 4.76. The molecule has 1 fully saturated rings. The molecule has 1 aliphatic rings. The molecule has 26 heavy (non-hydrogen) atoms. The van der Waals surface area contributed by atoms with Crippen LogP contribution in [0.5, 0.6) is 5.75 Å². The number of aryl methyl sites for hydroxylation is 1. The Morgan fingerprint density at radius 2 is 1.81 bits per heavy atom. The maximum absolute atomic E-state index is 12.2. The summed E-state index contributed by atoms with van der Waals surface area (Å²) in [6.07, 6.45) is 0.372. The minimum Gasteiger partial charge on any atom is -0.496 e. The lowest BCUT2D eigenvalue weighted by Crippen LogP contribution is -2.36. The standard InChI is InChI=1S/C21H26N2O3/c1-16-13-18(5-8-20(16)25-2)14-21(24)22-15-17-3-6-19(7-4-17)23-9-11-26-12-10-23/h3-8,13H,9-12,14-15H2,1-2H3,(H,22,24). The molecule has 1 N–H and O–H groups in total. The van der Waals surface area contributed by atoms with Gasteiger partial charge in [0, 0.05) is 25.3 Å². The van der Waals surface area contributed by atoms with Gasteiger partial charge >= 0.3 is 0 Å². The van der Waals surface area contributed by atoms with E-state index in [1.165, 1.54) is 5.69 Å². The molecule has 0 radical (unpaired) electrons. The van der Waals surface area contributed by atoms with Gasteiger partial charge in [0.05, 0.1) is 26.7 Å². The van der Waals surface area contributed by atoms with Crippen molar-refractivity contribution in [3.8, 4) is 5.75 Å². The van der Waals surface area contributed by atoms with Crippen LogP contribution in [0.4, 0.5) is 5.69 Å². The predicted octanol–water partition coefficient (Wildman–Crippen LogP) is 2.70. The largest absolute Gasteiger partial charge is 0.496 e. The maximum Gasteiger partial charge on any atom is 0.224 e. The molecule has 0 unspecified atom stereocenters. The van der Waals surface area contributed by atoms with Crippen LogP contribution in [0.1, 0.15) is 16.7 Å². The van der Waals surface area contributed by atoms with Gasteiger partial charge in [-0.3, -0.25) is 4.79 Å². The fourth-order valence-corrected chi connectivity index (χ4v) is 3.15. The fraction of sp³-hybridized carbons (Fsp3) is 0.381. The predicted molar refractivity (Wildman–Crippen MR) is 103 cm³/mol. The Hall–Kier alpha value is -2.53. The average Bonchev–Trinajstić information content (AvgIpc) is 2.68. The molecule has 3 rings (SSSR count). The Morgan fingerprint density at radius 3 is 2.46 bits per heavy atom. The first kappa shape index (κ1) is 18.3. The van der Waals surface area contributed by atoms with Crippen molar-refractivity contribution in [1.29, 1.82) is 0 Å². The highest BCUT2D eigenvalue weighted by Gasteiger charge is 2.11. The van der Waals surface area contributed by atoms with Gasteiger partial charge in [-0.15, -0.1) is 0 Å². The summed E-state index contributed by atoms with van der Waals surface area (Å²) in [7, 11) is 1.65. The Balaban J connectivity index is 1.50. The number of hydrogen-bond acceptors (Lipinski definition) is 4. The number of nitrogens with zero attached hydrogens (tertiary/aromatic N) is 1. The summed E-state index contributed by atoms with van der Waals surface area (Å²) in [5.74, 6) is 0.862. The van der Waals surface area contributed by atoms with Crippen LogP contribution in [0.15, 0.2) is 42.5 Å². The van der Waals surface area contributed by atoms with Crippen molar-refractivity contribution >= 4 is 11.6 Å². The molecule has 1 amide bonds. The first-order chi connectivity index (χ1) is 12.7. The molecule has 5 nitrogen and oxygen atoms in total. The van der Waals surface area contributed by atoms with Crippen molar-refractivity contribution in [2.24, 2.45) is 0 Å². The number of amides is 1. The second kappa shape index (κ2) is 8.72. The van der Waals surface area contributed by atoms with Crippen molar-refractivity contribution in [1.82, 2.24) is 5.32 Å². The number of rotatable bonds is 6. The number of methoxy groups -OCH3 is 1. The zero-order valence-electron chi connectivity index (χ0n) is 15.5. The maximum atomic E-state index is 12.2. The number of anilines is 1. The summed E-state index contributed by atoms with van der Waals surface area (Å²) in [4.78, 5) is 14.5. The molecule has 1 heterocycles. The zero-order chi connectivity index (χ0) is 18.4.